The number of carbonyl (C=O) groups excluding carboxylic acids is 1. The first-order valence-electron chi connectivity index (χ1n) is 9.07. The minimum Gasteiger partial charge on any atom is -0.308 e. The van der Waals surface area contributed by atoms with Crippen LogP contribution in [0.5, 0.6) is 0 Å². The number of nitrogens with zero attached hydrogens (tertiary/aromatic N) is 6. The highest BCUT2D eigenvalue weighted by molar-refractivity contribution is 6.04. The van der Waals surface area contributed by atoms with Crippen molar-refractivity contribution in [3.05, 3.63) is 59.7 Å². The van der Waals surface area contributed by atoms with Crippen LogP contribution in [0.25, 0.3) is 22.6 Å². The summed E-state index contributed by atoms with van der Waals surface area (Å²) in [7, 11) is 0. The van der Waals surface area contributed by atoms with Gasteiger partial charge in [-0.15, -0.1) is 10.2 Å². The van der Waals surface area contributed by atoms with Gasteiger partial charge in [-0.1, -0.05) is 18.2 Å². The van der Waals surface area contributed by atoms with E-state index in [2.05, 4.69) is 30.6 Å². The molecule has 1 aliphatic rings. The third-order valence-electron chi connectivity index (χ3n) is 5.08. The fourth-order valence-electron chi connectivity index (χ4n) is 3.38. The molecule has 4 heterocycles. The molecule has 0 atom stereocenters. The van der Waals surface area contributed by atoms with E-state index in [0.29, 0.717) is 33.8 Å². The van der Waals surface area contributed by atoms with Gasteiger partial charge in [0.05, 0.1) is 17.3 Å². The Hall–Kier alpha value is -3.75. The monoisotopic (exact) mass is 389 g/mol. The summed E-state index contributed by atoms with van der Waals surface area (Å²) in [6.07, 6.45) is 1.65. The Morgan fingerprint density at radius 1 is 1.14 bits per heavy atom. The largest absolute Gasteiger partial charge is 0.308 e. The highest BCUT2D eigenvalue weighted by atomic mass is 19.1. The molecule has 0 spiro atoms. The van der Waals surface area contributed by atoms with Crippen LogP contribution in [-0.2, 0) is 16.8 Å². The third-order valence-corrected chi connectivity index (χ3v) is 5.08. The minimum absolute atomic E-state index is 0.178. The summed E-state index contributed by atoms with van der Waals surface area (Å²) in [5.41, 5.74) is 1.26. The molecule has 1 amide bonds. The van der Waals surface area contributed by atoms with E-state index in [1.165, 1.54) is 6.07 Å². The lowest BCUT2D eigenvalue weighted by molar-refractivity contribution is -0.119. The Bertz CT molecular complexity index is 1280. The molecule has 0 saturated heterocycles. The first-order chi connectivity index (χ1) is 13.9. The zero-order valence-corrected chi connectivity index (χ0v) is 15.7. The van der Waals surface area contributed by atoms with Gasteiger partial charge in [0, 0.05) is 11.8 Å². The molecule has 0 unspecified atom stereocenters. The van der Waals surface area contributed by atoms with Crippen molar-refractivity contribution in [2.24, 2.45) is 0 Å². The summed E-state index contributed by atoms with van der Waals surface area (Å²) in [5, 5.41) is 16.5. The van der Waals surface area contributed by atoms with E-state index in [1.807, 2.05) is 6.07 Å². The number of fused-ring (bicyclic) bond motifs is 2. The minimum atomic E-state index is -0.790. The molecular formula is C20H16FN7O. The molecule has 1 aliphatic heterocycles. The van der Waals surface area contributed by atoms with E-state index >= 15 is 0 Å². The molecule has 0 radical (unpaired) electrons. The molecule has 8 nitrogen and oxygen atoms in total. The number of anilines is 1. The topological polar surface area (TPSA) is 98.5 Å². The van der Waals surface area contributed by atoms with Crippen LogP contribution in [0.2, 0.25) is 0 Å². The average Bonchev–Trinajstić information content (AvgIpc) is 3.18. The number of carbonyl (C=O) groups is 1. The average molecular weight is 389 g/mol. The van der Waals surface area contributed by atoms with Crippen molar-refractivity contribution in [3.63, 3.8) is 0 Å². The van der Waals surface area contributed by atoms with Gasteiger partial charge in [-0.3, -0.25) is 4.79 Å². The van der Waals surface area contributed by atoms with E-state index in [4.69, 9.17) is 0 Å². The first-order valence-corrected chi connectivity index (χ1v) is 9.07. The van der Waals surface area contributed by atoms with Gasteiger partial charge in [-0.25, -0.2) is 19.0 Å². The normalized spacial score (nSPS) is 14.8. The molecule has 144 valence electrons. The maximum Gasteiger partial charge on any atom is 0.237 e. The maximum absolute atomic E-state index is 14.1. The van der Waals surface area contributed by atoms with Gasteiger partial charge in [0.1, 0.15) is 17.2 Å². The Balaban J connectivity index is 1.63. The first kappa shape index (κ1) is 17.4. The molecule has 1 N–H and O–H groups in total. The van der Waals surface area contributed by atoms with Crippen molar-refractivity contribution in [1.29, 1.82) is 0 Å². The van der Waals surface area contributed by atoms with E-state index < -0.39 is 5.41 Å². The number of hydrogen-bond acceptors (Lipinski definition) is 6. The Labute approximate surface area is 164 Å². The van der Waals surface area contributed by atoms with Crippen LogP contribution in [0.3, 0.4) is 0 Å². The van der Waals surface area contributed by atoms with Crippen LogP contribution in [0.4, 0.5) is 10.2 Å². The van der Waals surface area contributed by atoms with E-state index in [1.54, 1.807) is 49.0 Å². The smallest absolute Gasteiger partial charge is 0.237 e. The van der Waals surface area contributed by atoms with Crippen molar-refractivity contribution in [3.8, 4) is 11.5 Å². The Morgan fingerprint density at radius 3 is 2.79 bits per heavy atom. The molecule has 0 saturated carbocycles. The highest BCUT2D eigenvalue weighted by Crippen LogP contribution is 2.35. The SMILES string of the molecule is CC1(C)C(=O)Nc2nc(-c3nn(Cc4ccccc4F)c4ncccc34)nnc21. The van der Waals surface area contributed by atoms with Crippen LogP contribution < -0.4 is 5.32 Å². The van der Waals surface area contributed by atoms with Crippen LogP contribution in [0.15, 0.2) is 42.6 Å². The van der Waals surface area contributed by atoms with Gasteiger partial charge < -0.3 is 5.32 Å². The van der Waals surface area contributed by atoms with Crippen molar-refractivity contribution in [2.75, 3.05) is 5.32 Å². The summed E-state index contributed by atoms with van der Waals surface area (Å²) in [6, 6.07) is 10.2. The van der Waals surface area contributed by atoms with Gasteiger partial charge in [-0.05, 0) is 32.0 Å². The zero-order chi connectivity index (χ0) is 20.2. The van der Waals surface area contributed by atoms with Gasteiger partial charge in [0.15, 0.2) is 11.5 Å². The molecule has 5 rings (SSSR count). The molecule has 0 aliphatic carbocycles. The predicted octanol–water partition coefficient (Wildman–Crippen LogP) is 2.70. The summed E-state index contributed by atoms with van der Waals surface area (Å²) in [5.74, 6) is 0.162. The van der Waals surface area contributed by atoms with Gasteiger partial charge >= 0.3 is 0 Å². The number of halogens is 1. The molecule has 4 aromatic rings. The van der Waals surface area contributed by atoms with Crippen molar-refractivity contribution in [2.45, 2.75) is 25.8 Å². The fraction of sp³-hybridized carbons (Fsp3) is 0.200. The summed E-state index contributed by atoms with van der Waals surface area (Å²) >= 11 is 0. The second-order valence-electron chi connectivity index (χ2n) is 7.38. The van der Waals surface area contributed by atoms with Crippen molar-refractivity contribution in [1.82, 2.24) is 29.9 Å². The predicted molar refractivity (Wildman–Crippen MR) is 104 cm³/mol. The van der Waals surface area contributed by atoms with Crippen LogP contribution in [0, 0.1) is 5.82 Å². The summed E-state index contributed by atoms with van der Waals surface area (Å²) in [6.45, 7) is 3.75. The zero-order valence-electron chi connectivity index (χ0n) is 15.7. The molecule has 3 aromatic heterocycles. The second-order valence-corrected chi connectivity index (χ2v) is 7.38. The number of amides is 1. The number of benzene rings is 1. The second kappa shape index (κ2) is 6.13. The van der Waals surface area contributed by atoms with Crippen LogP contribution in [-0.4, -0.2) is 35.9 Å². The van der Waals surface area contributed by atoms with Gasteiger partial charge in [0.2, 0.25) is 11.7 Å². The van der Waals surface area contributed by atoms with Crippen LogP contribution >= 0.6 is 0 Å². The van der Waals surface area contributed by atoms with Crippen molar-refractivity contribution >= 4 is 22.8 Å². The molecule has 0 fully saturated rings. The lowest BCUT2D eigenvalue weighted by atomic mass is 9.91. The standard InChI is InChI=1S/C20H16FN7O/c1-20(2)15-17(24-19(20)29)23-16(26-25-15)14-12-7-5-9-22-18(12)28(27-14)10-11-6-3-4-8-13(11)21/h3-9H,10H2,1-2H3,(H,23,24,26,29). The Morgan fingerprint density at radius 2 is 1.97 bits per heavy atom. The summed E-state index contributed by atoms with van der Waals surface area (Å²) in [4.78, 5) is 21.0. The molecule has 9 heteroatoms. The lowest BCUT2D eigenvalue weighted by Gasteiger charge is -2.11. The lowest BCUT2D eigenvalue weighted by Crippen LogP contribution is -2.27. The molecule has 29 heavy (non-hydrogen) atoms. The number of pyridine rings is 1. The van der Waals surface area contributed by atoms with Gasteiger partial charge in [0.25, 0.3) is 0 Å². The number of hydrogen-bond donors (Lipinski definition) is 1. The third kappa shape index (κ3) is 2.65. The van der Waals surface area contributed by atoms with Crippen molar-refractivity contribution < 1.29 is 9.18 Å². The number of rotatable bonds is 3. The van der Waals surface area contributed by atoms with Gasteiger partial charge in [-0.2, -0.15) is 5.10 Å². The molecule has 1 aromatic carbocycles. The van der Waals surface area contributed by atoms with E-state index in [9.17, 15) is 9.18 Å². The number of aromatic nitrogens is 6. The molecule has 0 bridgehead atoms. The fourth-order valence-corrected chi connectivity index (χ4v) is 3.38. The maximum atomic E-state index is 14.1. The summed E-state index contributed by atoms with van der Waals surface area (Å²) < 4.78 is 15.7. The van der Waals surface area contributed by atoms with E-state index in [-0.39, 0.29) is 24.1 Å². The Kier molecular flexibility index (Phi) is 3.67. The molecular weight excluding hydrogens is 373 g/mol. The van der Waals surface area contributed by atoms with E-state index in [0.717, 1.165) is 0 Å². The number of nitrogens with one attached hydrogen (secondary N) is 1. The highest BCUT2D eigenvalue weighted by Gasteiger charge is 2.42. The van der Waals surface area contributed by atoms with Crippen LogP contribution in [0.1, 0.15) is 25.1 Å². The quantitative estimate of drug-likeness (QED) is 0.578.